The van der Waals surface area contributed by atoms with Gasteiger partial charge in [0.15, 0.2) is 0 Å². The molecule has 0 saturated heterocycles. The van der Waals surface area contributed by atoms with Gasteiger partial charge < -0.3 is 10.2 Å². The van der Waals surface area contributed by atoms with Crippen LogP contribution >= 0.6 is 27.3 Å². The summed E-state index contributed by atoms with van der Waals surface area (Å²) >= 11 is 4.78. The highest BCUT2D eigenvalue weighted by Gasteiger charge is 2.20. The quantitative estimate of drug-likeness (QED) is 0.822. The van der Waals surface area contributed by atoms with Crippen LogP contribution in [0.5, 0.6) is 0 Å². The SMILES string of the molecule is Cc1cc(C(O)C(O)CBr)c(C)s1. The van der Waals surface area contributed by atoms with Gasteiger partial charge in [0.25, 0.3) is 0 Å². The predicted octanol–water partition coefficient (Wildman–Crippen LogP) is 2.15. The Morgan fingerprint density at radius 1 is 1.46 bits per heavy atom. The molecule has 2 N–H and O–H groups in total. The summed E-state index contributed by atoms with van der Waals surface area (Å²) < 4.78 is 0. The average molecular weight is 265 g/mol. The zero-order valence-corrected chi connectivity index (χ0v) is 10.0. The van der Waals surface area contributed by atoms with Crippen LogP contribution in [0.3, 0.4) is 0 Å². The van der Waals surface area contributed by atoms with Gasteiger partial charge in [0.05, 0.1) is 6.10 Å². The van der Waals surface area contributed by atoms with Crippen LogP contribution in [0.4, 0.5) is 0 Å². The van der Waals surface area contributed by atoms with E-state index in [1.807, 2.05) is 19.9 Å². The van der Waals surface area contributed by atoms with Gasteiger partial charge in [-0.2, -0.15) is 0 Å². The van der Waals surface area contributed by atoms with E-state index in [4.69, 9.17) is 0 Å². The summed E-state index contributed by atoms with van der Waals surface area (Å²) in [5.74, 6) is 0. The lowest BCUT2D eigenvalue weighted by atomic mass is 10.1. The molecule has 2 nitrogen and oxygen atoms in total. The lowest BCUT2D eigenvalue weighted by Crippen LogP contribution is -2.19. The third-order valence-corrected chi connectivity index (χ3v) is 3.57. The molecule has 0 amide bonds. The maximum Gasteiger partial charge on any atom is 0.107 e. The van der Waals surface area contributed by atoms with Crippen LogP contribution in [0, 0.1) is 13.8 Å². The van der Waals surface area contributed by atoms with Gasteiger partial charge in [-0.3, -0.25) is 0 Å². The molecule has 0 saturated carbocycles. The largest absolute Gasteiger partial charge is 0.389 e. The molecule has 0 aliphatic heterocycles. The molecule has 2 unspecified atom stereocenters. The van der Waals surface area contributed by atoms with Crippen molar-refractivity contribution >= 4 is 27.3 Å². The Balaban J connectivity index is 2.87. The van der Waals surface area contributed by atoms with Crippen molar-refractivity contribution < 1.29 is 10.2 Å². The molecule has 0 aliphatic carbocycles. The zero-order valence-electron chi connectivity index (χ0n) is 7.62. The molecular formula is C9H13BrO2S. The summed E-state index contributed by atoms with van der Waals surface area (Å²) in [5, 5.41) is 19.5. The van der Waals surface area contributed by atoms with Crippen molar-refractivity contribution in [1.29, 1.82) is 0 Å². The van der Waals surface area contributed by atoms with Crippen molar-refractivity contribution in [3.05, 3.63) is 21.4 Å². The Hall–Kier alpha value is 0.100. The fourth-order valence-electron chi connectivity index (χ4n) is 1.24. The second-order valence-corrected chi connectivity index (χ2v) is 5.14. The number of halogens is 1. The predicted molar refractivity (Wildman–Crippen MR) is 58.6 cm³/mol. The van der Waals surface area contributed by atoms with Gasteiger partial charge in [0, 0.05) is 15.1 Å². The Kier molecular flexibility index (Phi) is 3.91. The number of aliphatic hydroxyl groups excluding tert-OH is 2. The number of aliphatic hydroxyl groups is 2. The van der Waals surface area contributed by atoms with Crippen LogP contribution in [0.25, 0.3) is 0 Å². The first kappa shape index (κ1) is 11.2. The Labute approximate surface area is 90.4 Å². The van der Waals surface area contributed by atoms with Crippen molar-refractivity contribution in [3.8, 4) is 0 Å². The van der Waals surface area contributed by atoms with Crippen molar-refractivity contribution in [3.63, 3.8) is 0 Å². The van der Waals surface area contributed by atoms with E-state index in [-0.39, 0.29) is 0 Å². The molecule has 0 aromatic carbocycles. The number of thiophene rings is 1. The number of aryl methyl sites for hydroxylation is 2. The maximum atomic E-state index is 9.71. The fraction of sp³-hybridized carbons (Fsp3) is 0.556. The number of rotatable bonds is 3. The number of hydrogen-bond donors (Lipinski definition) is 2. The second-order valence-electron chi connectivity index (χ2n) is 3.04. The van der Waals surface area contributed by atoms with E-state index in [9.17, 15) is 10.2 Å². The summed E-state index contributed by atoms with van der Waals surface area (Å²) in [6.45, 7) is 3.95. The van der Waals surface area contributed by atoms with Crippen molar-refractivity contribution in [2.24, 2.45) is 0 Å². The maximum absolute atomic E-state index is 9.71. The van der Waals surface area contributed by atoms with Gasteiger partial charge in [-0.05, 0) is 25.5 Å². The summed E-state index contributed by atoms with van der Waals surface area (Å²) in [6, 6.07) is 1.93. The minimum absolute atomic E-state index is 0.391. The summed E-state index contributed by atoms with van der Waals surface area (Å²) in [6.07, 6.45) is -1.50. The summed E-state index contributed by atoms with van der Waals surface area (Å²) in [4.78, 5) is 2.23. The van der Waals surface area contributed by atoms with E-state index < -0.39 is 12.2 Å². The first-order valence-corrected chi connectivity index (χ1v) is 5.99. The number of alkyl halides is 1. The van der Waals surface area contributed by atoms with Crippen LogP contribution in [0.15, 0.2) is 6.07 Å². The topological polar surface area (TPSA) is 40.5 Å². The van der Waals surface area contributed by atoms with E-state index in [0.717, 1.165) is 15.3 Å². The molecule has 0 aliphatic rings. The molecule has 0 radical (unpaired) electrons. The third-order valence-electron chi connectivity index (χ3n) is 1.92. The average Bonchev–Trinajstić information content (AvgIpc) is 2.42. The van der Waals surface area contributed by atoms with Crippen molar-refractivity contribution in [2.75, 3.05) is 5.33 Å². The van der Waals surface area contributed by atoms with Crippen molar-refractivity contribution in [1.82, 2.24) is 0 Å². The smallest absolute Gasteiger partial charge is 0.107 e. The standard InChI is InChI=1S/C9H13BrO2S/c1-5-3-7(6(2)13-5)9(12)8(11)4-10/h3,8-9,11-12H,4H2,1-2H3. The minimum Gasteiger partial charge on any atom is -0.389 e. The van der Waals surface area contributed by atoms with E-state index in [2.05, 4.69) is 15.9 Å². The molecule has 1 rings (SSSR count). The monoisotopic (exact) mass is 264 g/mol. The highest BCUT2D eigenvalue weighted by Crippen LogP contribution is 2.28. The Morgan fingerprint density at radius 2 is 2.08 bits per heavy atom. The van der Waals surface area contributed by atoms with Crippen molar-refractivity contribution in [2.45, 2.75) is 26.1 Å². The highest BCUT2D eigenvalue weighted by atomic mass is 79.9. The first-order valence-electron chi connectivity index (χ1n) is 4.05. The van der Waals surface area contributed by atoms with Gasteiger partial charge in [-0.25, -0.2) is 0 Å². The zero-order chi connectivity index (χ0) is 10.0. The summed E-state index contributed by atoms with van der Waals surface area (Å²) in [5.41, 5.74) is 0.842. The highest BCUT2D eigenvalue weighted by molar-refractivity contribution is 9.09. The van der Waals surface area contributed by atoms with Gasteiger partial charge in [0.1, 0.15) is 6.10 Å². The molecule has 1 heterocycles. The van der Waals surface area contributed by atoms with E-state index in [1.54, 1.807) is 11.3 Å². The second kappa shape index (κ2) is 4.55. The van der Waals surface area contributed by atoms with Crippen LogP contribution in [-0.4, -0.2) is 21.6 Å². The molecule has 4 heteroatoms. The summed E-state index contributed by atoms with van der Waals surface area (Å²) in [7, 11) is 0. The lowest BCUT2D eigenvalue weighted by molar-refractivity contribution is 0.0342. The molecule has 0 fully saturated rings. The lowest BCUT2D eigenvalue weighted by Gasteiger charge is -2.15. The molecule has 2 atom stereocenters. The van der Waals surface area contributed by atoms with Crippen LogP contribution < -0.4 is 0 Å². The van der Waals surface area contributed by atoms with Crippen LogP contribution in [0.1, 0.15) is 21.4 Å². The van der Waals surface area contributed by atoms with E-state index in [1.165, 1.54) is 0 Å². The van der Waals surface area contributed by atoms with Crippen LogP contribution in [0.2, 0.25) is 0 Å². The molecule has 0 bridgehead atoms. The molecule has 1 aromatic heterocycles. The normalized spacial score (nSPS) is 15.8. The van der Waals surface area contributed by atoms with Gasteiger partial charge in [0.2, 0.25) is 0 Å². The van der Waals surface area contributed by atoms with Gasteiger partial charge in [-0.15, -0.1) is 11.3 Å². The van der Waals surface area contributed by atoms with E-state index >= 15 is 0 Å². The van der Waals surface area contributed by atoms with Gasteiger partial charge >= 0.3 is 0 Å². The van der Waals surface area contributed by atoms with E-state index in [0.29, 0.717) is 5.33 Å². The fourth-order valence-corrected chi connectivity index (χ4v) is 2.56. The first-order chi connectivity index (χ1) is 6.06. The Morgan fingerprint density at radius 3 is 2.46 bits per heavy atom. The number of hydrogen-bond acceptors (Lipinski definition) is 3. The Bertz CT molecular complexity index is 285. The third kappa shape index (κ3) is 2.53. The molecule has 0 spiro atoms. The molecule has 13 heavy (non-hydrogen) atoms. The molecule has 74 valence electrons. The minimum atomic E-state index is -0.774. The van der Waals surface area contributed by atoms with Gasteiger partial charge in [-0.1, -0.05) is 15.9 Å². The molecular weight excluding hydrogens is 252 g/mol. The van der Waals surface area contributed by atoms with Crippen LogP contribution in [-0.2, 0) is 0 Å². The molecule has 1 aromatic rings.